The third kappa shape index (κ3) is 3.70. The van der Waals surface area contributed by atoms with Crippen LogP contribution in [0.5, 0.6) is 0 Å². The molecule has 0 bridgehead atoms. The van der Waals surface area contributed by atoms with Crippen molar-refractivity contribution in [1.82, 2.24) is 24.6 Å². The van der Waals surface area contributed by atoms with Gasteiger partial charge >= 0.3 is 0 Å². The highest BCUT2D eigenvalue weighted by Crippen LogP contribution is 2.33. The van der Waals surface area contributed by atoms with E-state index in [1.165, 1.54) is 0 Å². The Kier molecular flexibility index (Phi) is 5.21. The van der Waals surface area contributed by atoms with E-state index in [1.807, 2.05) is 42.9 Å². The first-order valence-electron chi connectivity index (χ1n) is 10.6. The summed E-state index contributed by atoms with van der Waals surface area (Å²) in [6.07, 6.45) is 10.4. The number of aliphatic hydroxyl groups excluding tert-OH is 1. The van der Waals surface area contributed by atoms with Crippen molar-refractivity contribution >= 4 is 17.3 Å². The predicted octanol–water partition coefficient (Wildman–Crippen LogP) is 3.03. The number of aromatic nitrogens is 5. The molecule has 1 aliphatic heterocycles. The molecular formula is C23H25N7O. The molecule has 4 aromatic heterocycles. The second-order valence-electron chi connectivity index (χ2n) is 7.90. The lowest BCUT2D eigenvalue weighted by Crippen LogP contribution is -2.34. The van der Waals surface area contributed by atoms with Gasteiger partial charge in [-0.3, -0.25) is 4.98 Å². The summed E-state index contributed by atoms with van der Waals surface area (Å²) < 4.78 is 1.72. The zero-order valence-corrected chi connectivity index (χ0v) is 17.2. The maximum atomic E-state index is 9.22. The molecule has 0 spiro atoms. The first-order valence-corrected chi connectivity index (χ1v) is 10.6. The van der Waals surface area contributed by atoms with Gasteiger partial charge in [-0.25, -0.2) is 14.5 Å². The Morgan fingerprint density at radius 2 is 1.87 bits per heavy atom. The maximum absolute atomic E-state index is 9.22. The highest BCUT2D eigenvalue weighted by atomic mass is 16.3. The molecule has 1 aliphatic rings. The third-order valence-corrected chi connectivity index (χ3v) is 5.97. The average molecular weight is 416 g/mol. The number of nitrogens with zero attached hydrogens (tertiary/aromatic N) is 6. The molecule has 5 rings (SSSR count). The molecule has 0 amide bonds. The Bertz CT molecular complexity index is 1180. The summed E-state index contributed by atoms with van der Waals surface area (Å²) in [6, 6.07) is 9.71. The molecule has 1 saturated heterocycles. The van der Waals surface area contributed by atoms with Gasteiger partial charge in [0.25, 0.3) is 0 Å². The van der Waals surface area contributed by atoms with Gasteiger partial charge in [0.15, 0.2) is 11.5 Å². The molecule has 0 unspecified atom stereocenters. The number of pyridine rings is 2. The van der Waals surface area contributed by atoms with Gasteiger partial charge in [0.2, 0.25) is 0 Å². The van der Waals surface area contributed by atoms with Crippen LogP contribution in [0.2, 0.25) is 0 Å². The second-order valence-corrected chi connectivity index (χ2v) is 7.90. The van der Waals surface area contributed by atoms with E-state index < -0.39 is 0 Å². The molecule has 0 radical (unpaired) electrons. The first-order chi connectivity index (χ1) is 15.2. The number of aliphatic hydroxyl groups is 1. The molecule has 1 fully saturated rings. The van der Waals surface area contributed by atoms with Crippen LogP contribution >= 0.6 is 0 Å². The van der Waals surface area contributed by atoms with Crippen LogP contribution in [-0.4, -0.2) is 49.4 Å². The van der Waals surface area contributed by atoms with Gasteiger partial charge < -0.3 is 15.7 Å². The van der Waals surface area contributed by atoms with Gasteiger partial charge in [-0.15, -0.1) is 5.10 Å². The number of nitrogens with two attached hydrogens (primary N) is 1. The summed E-state index contributed by atoms with van der Waals surface area (Å²) in [6.45, 7) is 2.13. The van der Waals surface area contributed by atoms with E-state index >= 15 is 0 Å². The topological polar surface area (TPSA) is 105 Å². The van der Waals surface area contributed by atoms with Crippen molar-refractivity contribution in [2.75, 3.05) is 30.3 Å². The fourth-order valence-corrected chi connectivity index (χ4v) is 4.34. The van der Waals surface area contributed by atoms with Gasteiger partial charge in [0.05, 0.1) is 11.3 Å². The van der Waals surface area contributed by atoms with E-state index in [9.17, 15) is 5.11 Å². The van der Waals surface area contributed by atoms with Crippen LogP contribution in [0.15, 0.2) is 55.1 Å². The molecule has 0 aromatic carbocycles. The van der Waals surface area contributed by atoms with Crippen molar-refractivity contribution in [3.8, 4) is 22.4 Å². The van der Waals surface area contributed by atoms with Crippen molar-refractivity contribution in [3.63, 3.8) is 0 Å². The van der Waals surface area contributed by atoms with Crippen molar-refractivity contribution in [1.29, 1.82) is 0 Å². The first kappa shape index (κ1) is 19.4. The summed E-state index contributed by atoms with van der Waals surface area (Å²) >= 11 is 0. The largest absolute Gasteiger partial charge is 0.396 e. The number of nitrogen functional groups attached to an aromatic ring is 1. The number of fused-ring (bicyclic) bond motifs is 1. The molecule has 0 saturated carbocycles. The molecule has 8 heteroatoms. The van der Waals surface area contributed by atoms with Crippen LogP contribution in [0.3, 0.4) is 0 Å². The molecule has 31 heavy (non-hydrogen) atoms. The lowest BCUT2D eigenvalue weighted by molar-refractivity contribution is 0.240. The van der Waals surface area contributed by atoms with Crippen LogP contribution in [0.1, 0.15) is 19.3 Å². The van der Waals surface area contributed by atoms with Crippen molar-refractivity contribution in [2.24, 2.45) is 5.92 Å². The Morgan fingerprint density at radius 3 is 2.65 bits per heavy atom. The Hall–Kier alpha value is -3.52. The van der Waals surface area contributed by atoms with Crippen molar-refractivity contribution < 1.29 is 5.11 Å². The Labute approximate surface area is 180 Å². The summed E-state index contributed by atoms with van der Waals surface area (Å²) in [7, 11) is 0. The van der Waals surface area contributed by atoms with Gasteiger partial charge in [-0.2, -0.15) is 0 Å². The van der Waals surface area contributed by atoms with E-state index in [-0.39, 0.29) is 6.61 Å². The molecular weight excluding hydrogens is 390 g/mol. The van der Waals surface area contributed by atoms with E-state index in [0.29, 0.717) is 17.4 Å². The van der Waals surface area contributed by atoms with Crippen molar-refractivity contribution in [2.45, 2.75) is 19.3 Å². The average Bonchev–Trinajstić information content (AvgIpc) is 3.15. The van der Waals surface area contributed by atoms with Crippen molar-refractivity contribution in [3.05, 3.63) is 55.1 Å². The quantitative estimate of drug-likeness (QED) is 0.516. The van der Waals surface area contributed by atoms with E-state index in [0.717, 1.165) is 60.6 Å². The van der Waals surface area contributed by atoms with Crippen LogP contribution < -0.4 is 10.6 Å². The lowest BCUT2D eigenvalue weighted by Gasteiger charge is -2.33. The maximum Gasteiger partial charge on any atom is 0.166 e. The fourth-order valence-electron chi connectivity index (χ4n) is 4.34. The number of rotatable bonds is 5. The zero-order valence-electron chi connectivity index (χ0n) is 17.2. The van der Waals surface area contributed by atoms with Gasteiger partial charge in [-0.05, 0) is 49.4 Å². The van der Waals surface area contributed by atoms with E-state index in [4.69, 9.17) is 5.73 Å². The van der Waals surface area contributed by atoms with Crippen LogP contribution in [0.4, 0.5) is 11.6 Å². The minimum Gasteiger partial charge on any atom is -0.396 e. The molecule has 5 heterocycles. The molecule has 0 aliphatic carbocycles. The number of hydrogen-bond donors (Lipinski definition) is 2. The number of anilines is 2. The molecule has 3 N–H and O–H groups in total. The third-order valence-electron chi connectivity index (χ3n) is 5.97. The smallest absolute Gasteiger partial charge is 0.166 e. The van der Waals surface area contributed by atoms with E-state index in [1.54, 1.807) is 10.7 Å². The molecule has 8 nitrogen and oxygen atoms in total. The SMILES string of the molecule is Nc1nn2cc(-c3cccnc3N3CCC(CCO)CC3)cnc2c1-c1ccccn1. The van der Waals surface area contributed by atoms with Crippen LogP contribution in [-0.2, 0) is 0 Å². The second kappa shape index (κ2) is 8.31. The number of piperidine rings is 1. The highest BCUT2D eigenvalue weighted by molar-refractivity contribution is 5.85. The molecule has 0 atom stereocenters. The lowest BCUT2D eigenvalue weighted by atomic mass is 9.93. The summed E-state index contributed by atoms with van der Waals surface area (Å²) in [4.78, 5) is 16.1. The zero-order chi connectivity index (χ0) is 21.2. The minimum atomic E-state index is 0.263. The van der Waals surface area contributed by atoms with Gasteiger partial charge in [-0.1, -0.05) is 6.07 Å². The normalized spacial score (nSPS) is 14.9. The Morgan fingerprint density at radius 1 is 1.03 bits per heavy atom. The minimum absolute atomic E-state index is 0.263. The van der Waals surface area contributed by atoms with Gasteiger partial charge in [0.1, 0.15) is 5.82 Å². The van der Waals surface area contributed by atoms with E-state index in [2.05, 4.69) is 31.0 Å². The Balaban J connectivity index is 1.50. The standard InChI is InChI=1S/C23H25N7O/c24-21-20(19-5-1-2-9-25-19)23-27-14-17(15-30(23)28-21)18-4-3-10-26-22(18)29-11-6-16(7-12-29)8-13-31/h1-5,9-10,14-16,31H,6-8,11-13H2,(H2,24,28). The predicted molar refractivity (Wildman–Crippen MR) is 121 cm³/mol. The molecule has 158 valence electrons. The van der Waals surface area contributed by atoms with Crippen LogP contribution in [0.25, 0.3) is 28.0 Å². The molecule has 4 aromatic rings. The highest BCUT2D eigenvalue weighted by Gasteiger charge is 2.23. The summed E-state index contributed by atoms with van der Waals surface area (Å²) in [5.74, 6) is 1.94. The fraction of sp³-hybridized carbons (Fsp3) is 0.304. The van der Waals surface area contributed by atoms with Gasteiger partial charge in [0, 0.05) is 55.6 Å². The summed E-state index contributed by atoms with van der Waals surface area (Å²) in [5, 5.41) is 13.7. The number of hydrogen-bond acceptors (Lipinski definition) is 7. The van der Waals surface area contributed by atoms with Crippen LogP contribution in [0, 0.1) is 5.92 Å². The summed E-state index contributed by atoms with van der Waals surface area (Å²) in [5.41, 5.74) is 10.3. The monoisotopic (exact) mass is 415 g/mol.